The fourth-order valence-corrected chi connectivity index (χ4v) is 4.90. The van der Waals surface area contributed by atoms with Crippen LogP contribution >= 0.6 is 11.8 Å². The molecule has 2 aromatic rings. The summed E-state index contributed by atoms with van der Waals surface area (Å²) in [5.41, 5.74) is 2.21. The largest absolute Gasteiger partial charge is 0.372 e. The van der Waals surface area contributed by atoms with E-state index in [1.165, 1.54) is 23.8 Å². The van der Waals surface area contributed by atoms with Crippen LogP contribution in [0.15, 0.2) is 35.4 Å². The second-order valence-corrected chi connectivity index (χ2v) is 8.55. The molecule has 1 N–H and O–H groups in total. The summed E-state index contributed by atoms with van der Waals surface area (Å²) in [5.74, 6) is 0.690. The molecule has 0 aliphatic carbocycles. The molecule has 0 bridgehead atoms. The van der Waals surface area contributed by atoms with E-state index in [0.29, 0.717) is 11.9 Å². The summed E-state index contributed by atoms with van der Waals surface area (Å²) in [7, 11) is 0. The lowest BCUT2D eigenvalue weighted by Crippen LogP contribution is -3.15. The third kappa shape index (κ3) is 4.62. The quantitative estimate of drug-likeness (QED) is 0.792. The van der Waals surface area contributed by atoms with Crippen LogP contribution in [0.4, 0.5) is 0 Å². The molecule has 27 heavy (non-hydrogen) atoms. The molecule has 2 saturated heterocycles. The molecule has 1 amide bonds. The molecule has 2 fully saturated rings. The molecule has 1 aromatic heterocycles. The van der Waals surface area contributed by atoms with Gasteiger partial charge in [-0.25, -0.2) is 4.98 Å². The summed E-state index contributed by atoms with van der Waals surface area (Å²) in [6.45, 7) is 7.88. The van der Waals surface area contributed by atoms with Crippen molar-refractivity contribution in [3.63, 3.8) is 0 Å². The van der Waals surface area contributed by atoms with Crippen molar-refractivity contribution in [2.75, 3.05) is 45.1 Å². The maximum Gasteiger partial charge on any atom is 0.233 e. The van der Waals surface area contributed by atoms with Crippen LogP contribution in [0.2, 0.25) is 0 Å². The van der Waals surface area contributed by atoms with E-state index in [-0.39, 0.29) is 5.91 Å². The topological polar surface area (TPSA) is 46.9 Å². The Bertz CT molecular complexity index is 799. The van der Waals surface area contributed by atoms with Crippen molar-refractivity contribution in [3.8, 4) is 0 Å². The Labute approximate surface area is 165 Å². The number of hydrogen-bond donors (Lipinski definition) is 1. The fourth-order valence-electron chi connectivity index (χ4n) is 4.02. The average molecular weight is 387 g/mol. The highest BCUT2D eigenvalue weighted by Gasteiger charge is 2.27. The van der Waals surface area contributed by atoms with E-state index in [1.807, 2.05) is 23.1 Å². The van der Waals surface area contributed by atoms with Crippen LogP contribution in [-0.4, -0.2) is 67.0 Å². The van der Waals surface area contributed by atoms with E-state index in [2.05, 4.69) is 19.1 Å². The Morgan fingerprint density at radius 3 is 2.93 bits per heavy atom. The van der Waals surface area contributed by atoms with E-state index in [4.69, 9.17) is 9.72 Å². The number of para-hydroxylation sites is 1. The van der Waals surface area contributed by atoms with Crippen molar-refractivity contribution in [3.05, 3.63) is 35.9 Å². The molecule has 5 nitrogen and oxygen atoms in total. The van der Waals surface area contributed by atoms with Gasteiger partial charge in [-0.2, -0.15) is 0 Å². The molecular formula is C21H28N3O2S+. The molecule has 1 atom stereocenters. The van der Waals surface area contributed by atoms with Gasteiger partial charge in [-0.05, 0) is 37.5 Å². The first-order chi connectivity index (χ1) is 13.2. The number of carbonyl (C=O) groups excluding carboxylic acids is 1. The minimum atomic E-state index is 0.226. The summed E-state index contributed by atoms with van der Waals surface area (Å²) in [4.78, 5) is 20.9. The molecule has 0 unspecified atom stereocenters. The highest BCUT2D eigenvalue weighted by atomic mass is 32.2. The summed E-state index contributed by atoms with van der Waals surface area (Å²) in [6, 6.07) is 10.3. The predicted molar refractivity (Wildman–Crippen MR) is 108 cm³/mol. The van der Waals surface area contributed by atoms with Crippen LogP contribution in [0.3, 0.4) is 0 Å². The Hall–Kier alpha value is -1.63. The number of amides is 1. The van der Waals surface area contributed by atoms with Crippen LogP contribution < -0.4 is 4.90 Å². The van der Waals surface area contributed by atoms with Gasteiger partial charge in [-0.3, -0.25) is 4.79 Å². The maximum absolute atomic E-state index is 12.6. The summed E-state index contributed by atoms with van der Waals surface area (Å²) >= 11 is 1.55. The van der Waals surface area contributed by atoms with Crippen molar-refractivity contribution >= 4 is 28.6 Å². The van der Waals surface area contributed by atoms with Gasteiger partial charge in [0.15, 0.2) is 0 Å². The number of piperazine rings is 1. The summed E-state index contributed by atoms with van der Waals surface area (Å²) < 4.78 is 5.75. The first-order valence-corrected chi connectivity index (χ1v) is 10.9. The monoisotopic (exact) mass is 386 g/mol. The Morgan fingerprint density at radius 2 is 2.15 bits per heavy atom. The molecule has 1 aromatic carbocycles. The minimum Gasteiger partial charge on any atom is -0.372 e. The molecule has 6 heteroatoms. The molecule has 2 aliphatic rings. The normalized spacial score (nSPS) is 21.1. The zero-order valence-electron chi connectivity index (χ0n) is 15.9. The van der Waals surface area contributed by atoms with Crippen molar-refractivity contribution in [1.29, 1.82) is 0 Å². The Kier molecular flexibility index (Phi) is 5.95. The van der Waals surface area contributed by atoms with Crippen molar-refractivity contribution in [2.24, 2.45) is 0 Å². The number of aryl methyl sites for hydroxylation is 1. The molecule has 3 heterocycles. The first kappa shape index (κ1) is 18.7. The van der Waals surface area contributed by atoms with Crippen molar-refractivity contribution in [2.45, 2.75) is 30.9 Å². The van der Waals surface area contributed by atoms with Crippen LogP contribution in [0.25, 0.3) is 10.9 Å². The van der Waals surface area contributed by atoms with Crippen LogP contribution in [0.1, 0.15) is 18.4 Å². The maximum atomic E-state index is 12.6. The lowest BCUT2D eigenvalue weighted by atomic mass is 10.1. The number of nitrogens with zero attached hydrogens (tertiary/aromatic N) is 2. The Morgan fingerprint density at radius 1 is 1.33 bits per heavy atom. The smallest absolute Gasteiger partial charge is 0.233 e. The number of aromatic nitrogens is 1. The van der Waals surface area contributed by atoms with E-state index in [0.717, 1.165) is 49.9 Å². The molecule has 144 valence electrons. The van der Waals surface area contributed by atoms with Crippen molar-refractivity contribution < 1.29 is 14.4 Å². The van der Waals surface area contributed by atoms with Crippen LogP contribution in [0.5, 0.6) is 0 Å². The highest BCUT2D eigenvalue weighted by molar-refractivity contribution is 7.99. The van der Waals surface area contributed by atoms with Gasteiger partial charge in [0.05, 0.1) is 42.5 Å². The van der Waals surface area contributed by atoms with Gasteiger partial charge in [0.25, 0.3) is 0 Å². The SMILES string of the molecule is Cc1cc(SCC(=O)N2CC[NH+](C[C@H]3CCCO3)CC2)nc2ccccc12. The van der Waals surface area contributed by atoms with Gasteiger partial charge >= 0.3 is 0 Å². The second-order valence-electron chi connectivity index (χ2n) is 7.55. The number of rotatable bonds is 5. The number of benzene rings is 1. The Balaban J connectivity index is 1.27. The molecule has 2 aliphatic heterocycles. The zero-order chi connectivity index (χ0) is 18.6. The van der Waals surface area contributed by atoms with Gasteiger partial charge in [0, 0.05) is 12.0 Å². The van der Waals surface area contributed by atoms with E-state index >= 15 is 0 Å². The molecule has 0 saturated carbocycles. The highest BCUT2D eigenvalue weighted by Crippen LogP contribution is 2.23. The number of carbonyl (C=O) groups is 1. The van der Waals surface area contributed by atoms with Gasteiger partial charge < -0.3 is 14.5 Å². The standard InChI is InChI=1S/C21H27N3O2S/c1-16-13-20(22-19-7-3-2-6-18(16)19)27-15-21(25)24-10-8-23(9-11-24)14-17-5-4-12-26-17/h2-3,6-7,13,17H,4-5,8-12,14-15H2,1H3/p+1/t17-/m1/s1. The molecular weight excluding hydrogens is 358 g/mol. The van der Waals surface area contributed by atoms with E-state index in [1.54, 1.807) is 16.7 Å². The van der Waals surface area contributed by atoms with E-state index < -0.39 is 0 Å². The number of ether oxygens (including phenoxy) is 1. The molecule has 0 radical (unpaired) electrons. The van der Waals surface area contributed by atoms with Gasteiger partial charge in [-0.15, -0.1) is 0 Å². The fraction of sp³-hybridized carbons (Fsp3) is 0.524. The number of nitrogens with one attached hydrogen (secondary N) is 1. The number of thioether (sulfide) groups is 1. The van der Waals surface area contributed by atoms with Crippen molar-refractivity contribution in [1.82, 2.24) is 9.88 Å². The third-order valence-electron chi connectivity index (χ3n) is 5.61. The lowest BCUT2D eigenvalue weighted by molar-refractivity contribution is -0.906. The van der Waals surface area contributed by atoms with Gasteiger partial charge in [-0.1, -0.05) is 30.0 Å². The van der Waals surface area contributed by atoms with Crippen LogP contribution in [0, 0.1) is 6.92 Å². The first-order valence-electron chi connectivity index (χ1n) is 9.91. The second kappa shape index (κ2) is 8.59. The summed E-state index contributed by atoms with van der Waals surface area (Å²) in [6.07, 6.45) is 2.82. The number of hydrogen-bond acceptors (Lipinski definition) is 4. The lowest BCUT2D eigenvalue weighted by Gasteiger charge is -2.33. The zero-order valence-corrected chi connectivity index (χ0v) is 16.8. The van der Waals surface area contributed by atoms with Crippen LogP contribution in [-0.2, 0) is 9.53 Å². The average Bonchev–Trinajstić information content (AvgIpc) is 3.20. The van der Waals surface area contributed by atoms with E-state index in [9.17, 15) is 4.79 Å². The number of fused-ring (bicyclic) bond motifs is 1. The third-order valence-corrected chi connectivity index (χ3v) is 6.50. The molecule has 4 rings (SSSR count). The molecule has 0 spiro atoms. The minimum absolute atomic E-state index is 0.226. The van der Waals surface area contributed by atoms with Gasteiger partial charge in [0.2, 0.25) is 5.91 Å². The number of quaternary nitrogens is 1. The number of pyridine rings is 1. The predicted octanol–water partition coefficient (Wildman–Crippen LogP) is 1.54. The summed E-state index contributed by atoms with van der Waals surface area (Å²) in [5, 5.41) is 2.11. The van der Waals surface area contributed by atoms with Gasteiger partial charge in [0.1, 0.15) is 12.6 Å².